The van der Waals surface area contributed by atoms with Crippen LogP contribution in [-0.4, -0.2) is 22.8 Å². The zero-order valence-electron chi connectivity index (χ0n) is 13.5. The van der Waals surface area contributed by atoms with Crippen molar-refractivity contribution in [2.24, 2.45) is 0 Å². The van der Waals surface area contributed by atoms with Crippen molar-refractivity contribution < 1.29 is 9.72 Å². The molecule has 1 fully saturated rings. The Balaban J connectivity index is 1.81. The number of rotatable bonds is 5. The average molecular weight is 379 g/mol. The molecule has 2 aromatic rings. The number of benzene rings is 2. The fourth-order valence-electron chi connectivity index (χ4n) is 3.01. The minimum absolute atomic E-state index is 0.0163. The lowest BCUT2D eigenvalue weighted by molar-refractivity contribution is -0.384. The van der Waals surface area contributed by atoms with Crippen LogP contribution in [0.3, 0.4) is 0 Å². The molecule has 0 spiro atoms. The van der Waals surface area contributed by atoms with Gasteiger partial charge >= 0.3 is 0 Å². The number of carbonyl (C=O) groups excluding carboxylic acids is 1. The first-order valence-electron chi connectivity index (χ1n) is 7.78. The van der Waals surface area contributed by atoms with Crippen molar-refractivity contribution in [3.05, 3.63) is 73.8 Å². The van der Waals surface area contributed by atoms with E-state index >= 15 is 0 Å². The summed E-state index contributed by atoms with van der Waals surface area (Å²) in [5, 5.41) is 12.0. The molecule has 0 radical (unpaired) electrons. The van der Waals surface area contributed by atoms with Crippen molar-refractivity contribution in [1.29, 1.82) is 0 Å². The van der Waals surface area contributed by atoms with Crippen LogP contribution in [0, 0.1) is 10.1 Å². The molecule has 0 aromatic heterocycles. The highest BCUT2D eigenvalue weighted by Crippen LogP contribution is 2.49. The second-order valence-electron chi connectivity index (χ2n) is 6.28. The van der Waals surface area contributed by atoms with Gasteiger partial charge in [-0.25, -0.2) is 0 Å². The van der Waals surface area contributed by atoms with Crippen LogP contribution in [0.5, 0.6) is 0 Å². The maximum Gasteiger partial charge on any atom is 0.269 e. The third-order valence-corrected chi connectivity index (χ3v) is 5.17. The van der Waals surface area contributed by atoms with Crippen LogP contribution in [0.2, 0.25) is 10.0 Å². The first-order chi connectivity index (χ1) is 11.8. The molecule has 25 heavy (non-hydrogen) atoms. The monoisotopic (exact) mass is 378 g/mol. The summed E-state index contributed by atoms with van der Waals surface area (Å²) in [5.74, 6) is -0.0163. The Kier molecular flexibility index (Phi) is 4.71. The third-order valence-electron chi connectivity index (χ3n) is 4.55. The van der Waals surface area contributed by atoms with Crippen molar-refractivity contribution in [1.82, 2.24) is 4.90 Å². The zero-order valence-corrected chi connectivity index (χ0v) is 15.0. The van der Waals surface area contributed by atoms with E-state index in [-0.39, 0.29) is 18.1 Å². The summed E-state index contributed by atoms with van der Waals surface area (Å²) in [7, 11) is 1.69. The number of hydrogen-bond acceptors (Lipinski definition) is 3. The number of halogens is 2. The Morgan fingerprint density at radius 1 is 1.20 bits per heavy atom. The molecule has 7 heteroatoms. The zero-order chi connectivity index (χ0) is 18.2. The summed E-state index contributed by atoms with van der Waals surface area (Å²) in [6, 6.07) is 11.6. The number of carbonyl (C=O) groups is 1. The van der Waals surface area contributed by atoms with Crippen LogP contribution in [-0.2, 0) is 16.8 Å². The van der Waals surface area contributed by atoms with E-state index in [0.717, 1.165) is 18.4 Å². The molecule has 3 rings (SSSR count). The van der Waals surface area contributed by atoms with Gasteiger partial charge in [-0.15, -0.1) is 0 Å². The highest BCUT2D eigenvalue weighted by molar-refractivity contribution is 6.31. The van der Waals surface area contributed by atoms with E-state index in [1.807, 2.05) is 12.1 Å². The summed E-state index contributed by atoms with van der Waals surface area (Å²) in [4.78, 5) is 25.0. The van der Waals surface area contributed by atoms with Crippen molar-refractivity contribution in [2.45, 2.75) is 24.8 Å². The summed E-state index contributed by atoms with van der Waals surface area (Å²) in [5.41, 5.74) is 0.934. The predicted octanol–water partition coefficient (Wildman–Crippen LogP) is 4.59. The molecule has 0 saturated heterocycles. The van der Waals surface area contributed by atoms with Crippen LogP contribution < -0.4 is 0 Å². The fraction of sp³-hybridized carbons (Fsp3) is 0.278. The molecule has 1 saturated carbocycles. The van der Waals surface area contributed by atoms with E-state index in [4.69, 9.17) is 23.2 Å². The van der Waals surface area contributed by atoms with E-state index in [1.54, 1.807) is 24.1 Å². The van der Waals surface area contributed by atoms with Crippen molar-refractivity contribution in [2.75, 3.05) is 7.05 Å². The smallest absolute Gasteiger partial charge is 0.269 e. The summed E-state index contributed by atoms with van der Waals surface area (Å²) >= 11 is 12.1. The van der Waals surface area contributed by atoms with E-state index < -0.39 is 10.3 Å². The van der Waals surface area contributed by atoms with Gasteiger partial charge in [-0.05, 0) is 42.2 Å². The van der Waals surface area contributed by atoms with Crippen LogP contribution >= 0.6 is 23.2 Å². The SMILES string of the molecule is CN(Cc1cc([N+](=O)[O-])ccc1Cl)C(=O)C1(c2ccc(Cl)cc2)CC1. The number of non-ortho nitro benzene ring substituents is 1. The van der Waals surface area contributed by atoms with Gasteiger partial charge in [-0.1, -0.05) is 35.3 Å². The summed E-state index contributed by atoms with van der Waals surface area (Å²) in [6.45, 7) is 0.217. The van der Waals surface area contributed by atoms with Gasteiger partial charge in [0.25, 0.3) is 5.69 Å². The second kappa shape index (κ2) is 6.65. The summed E-state index contributed by atoms with van der Waals surface area (Å²) in [6.07, 6.45) is 1.56. The van der Waals surface area contributed by atoms with Gasteiger partial charge in [-0.3, -0.25) is 14.9 Å². The fourth-order valence-corrected chi connectivity index (χ4v) is 3.31. The van der Waals surface area contributed by atoms with E-state index in [9.17, 15) is 14.9 Å². The Hall–Kier alpha value is -2.11. The molecule has 0 aliphatic heterocycles. The highest BCUT2D eigenvalue weighted by Gasteiger charge is 2.52. The molecule has 1 amide bonds. The number of likely N-dealkylation sites (N-methyl/N-ethyl adjacent to an activating group) is 1. The first-order valence-corrected chi connectivity index (χ1v) is 8.53. The van der Waals surface area contributed by atoms with Crippen molar-refractivity contribution in [3.8, 4) is 0 Å². The molecular weight excluding hydrogens is 363 g/mol. The molecule has 0 unspecified atom stereocenters. The van der Waals surface area contributed by atoms with Crippen molar-refractivity contribution >= 4 is 34.8 Å². The second-order valence-corrected chi connectivity index (χ2v) is 7.13. The molecule has 2 aromatic carbocycles. The summed E-state index contributed by atoms with van der Waals surface area (Å²) < 4.78 is 0. The maximum atomic E-state index is 13.0. The molecule has 0 N–H and O–H groups in total. The van der Waals surface area contributed by atoms with Crippen LogP contribution in [0.1, 0.15) is 24.0 Å². The minimum atomic E-state index is -0.521. The van der Waals surface area contributed by atoms with Gasteiger partial charge < -0.3 is 4.90 Å². The lowest BCUT2D eigenvalue weighted by atomic mass is 9.94. The molecule has 1 aliphatic rings. The van der Waals surface area contributed by atoms with Gasteiger partial charge in [0.15, 0.2) is 0 Å². The van der Waals surface area contributed by atoms with Gasteiger partial charge in [-0.2, -0.15) is 0 Å². The topological polar surface area (TPSA) is 63.4 Å². The third kappa shape index (κ3) is 3.48. The van der Waals surface area contributed by atoms with Gasteiger partial charge in [0.2, 0.25) is 5.91 Å². The normalized spacial score (nSPS) is 14.8. The van der Waals surface area contributed by atoms with E-state index in [1.165, 1.54) is 18.2 Å². The van der Waals surface area contributed by atoms with Gasteiger partial charge in [0.05, 0.1) is 10.3 Å². The van der Waals surface area contributed by atoms with Gasteiger partial charge in [0.1, 0.15) is 0 Å². The Bertz CT molecular complexity index is 833. The minimum Gasteiger partial charge on any atom is -0.341 e. The predicted molar refractivity (Wildman–Crippen MR) is 96.9 cm³/mol. The van der Waals surface area contributed by atoms with Crippen LogP contribution in [0.4, 0.5) is 5.69 Å². The largest absolute Gasteiger partial charge is 0.341 e. The van der Waals surface area contributed by atoms with Gasteiger partial charge in [0, 0.05) is 35.8 Å². The number of hydrogen-bond donors (Lipinski definition) is 0. The van der Waals surface area contributed by atoms with Crippen LogP contribution in [0.25, 0.3) is 0 Å². The number of amides is 1. The lowest BCUT2D eigenvalue weighted by Gasteiger charge is -2.24. The lowest BCUT2D eigenvalue weighted by Crippen LogP contribution is -2.36. The molecule has 0 bridgehead atoms. The standard InChI is InChI=1S/C18H16Cl2N2O3/c1-21(11-12-10-15(22(24)25)6-7-16(12)20)17(23)18(8-9-18)13-2-4-14(19)5-3-13/h2-7,10H,8-9,11H2,1H3. The number of nitro groups is 1. The highest BCUT2D eigenvalue weighted by atomic mass is 35.5. The molecule has 130 valence electrons. The molecule has 1 aliphatic carbocycles. The average Bonchev–Trinajstić information content (AvgIpc) is 3.38. The number of nitro benzene ring substituents is 1. The Morgan fingerprint density at radius 2 is 1.84 bits per heavy atom. The maximum absolute atomic E-state index is 13.0. The van der Waals surface area contributed by atoms with Crippen LogP contribution in [0.15, 0.2) is 42.5 Å². The Labute approximate surface area is 155 Å². The first kappa shape index (κ1) is 17.7. The molecule has 0 atom stereocenters. The molecular formula is C18H16Cl2N2O3. The quantitative estimate of drug-likeness (QED) is 0.564. The molecule has 5 nitrogen and oxygen atoms in total. The van der Waals surface area contributed by atoms with E-state index in [2.05, 4.69) is 0 Å². The number of nitrogens with zero attached hydrogens (tertiary/aromatic N) is 2. The molecule has 0 heterocycles. The van der Waals surface area contributed by atoms with E-state index in [0.29, 0.717) is 15.6 Å². The Morgan fingerprint density at radius 3 is 2.40 bits per heavy atom. The van der Waals surface area contributed by atoms with Crippen molar-refractivity contribution in [3.63, 3.8) is 0 Å².